The number of amides is 2. The lowest BCUT2D eigenvalue weighted by atomic mass is 10.00. The number of carboxylic acid groups (broad SMARTS) is 2. The van der Waals surface area contributed by atoms with Gasteiger partial charge in [0.05, 0.1) is 6.04 Å². The molecule has 0 heterocycles. The van der Waals surface area contributed by atoms with Crippen molar-refractivity contribution in [3.05, 3.63) is 0 Å². The van der Waals surface area contributed by atoms with E-state index < -0.39 is 48.3 Å². The maximum atomic E-state index is 12.3. The average Bonchev–Trinajstić information content (AvgIpc) is 2.46. The summed E-state index contributed by atoms with van der Waals surface area (Å²) >= 11 is 0. The first-order chi connectivity index (χ1) is 11.5. The van der Waals surface area contributed by atoms with Crippen LogP contribution in [0.15, 0.2) is 0 Å². The normalized spacial score (nSPS) is 14.7. The van der Waals surface area contributed by atoms with E-state index in [1.807, 2.05) is 13.8 Å². The minimum atomic E-state index is -1.34. The van der Waals surface area contributed by atoms with Crippen molar-refractivity contribution in [2.24, 2.45) is 17.6 Å². The Balaban J connectivity index is 4.94. The van der Waals surface area contributed by atoms with Gasteiger partial charge in [-0.2, -0.15) is 0 Å². The zero-order chi connectivity index (χ0) is 19.7. The van der Waals surface area contributed by atoms with Crippen LogP contribution in [0.1, 0.15) is 47.0 Å². The van der Waals surface area contributed by atoms with Crippen molar-refractivity contribution < 1.29 is 29.4 Å². The molecule has 9 nitrogen and oxygen atoms in total. The zero-order valence-electron chi connectivity index (χ0n) is 15.1. The number of nitrogens with two attached hydrogens (primary N) is 1. The Kier molecular flexibility index (Phi) is 9.73. The highest BCUT2D eigenvalue weighted by Crippen LogP contribution is 2.07. The number of aliphatic carboxylic acids is 2. The molecule has 0 spiro atoms. The van der Waals surface area contributed by atoms with Crippen LogP contribution in [0.5, 0.6) is 0 Å². The zero-order valence-corrected chi connectivity index (χ0v) is 15.1. The van der Waals surface area contributed by atoms with Crippen LogP contribution in [-0.4, -0.2) is 52.1 Å². The van der Waals surface area contributed by atoms with Crippen molar-refractivity contribution in [3.8, 4) is 0 Å². The maximum absolute atomic E-state index is 12.3. The predicted molar refractivity (Wildman–Crippen MR) is 90.6 cm³/mol. The molecule has 6 N–H and O–H groups in total. The van der Waals surface area contributed by atoms with Crippen molar-refractivity contribution in [1.29, 1.82) is 0 Å². The molecule has 0 radical (unpaired) electrons. The van der Waals surface area contributed by atoms with Gasteiger partial charge in [0.1, 0.15) is 12.1 Å². The highest BCUT2D eigenvalue weighted by Gasteiger charge is 2.30. The molecule has 0 saturated carbocycles. The van der Waals surface area contributed by atoms with E-state index in [0.29, 0.717) is 6.42 Å². The third kappa shape index (κ3) is 9.04. The molecule has 9 heteroatoms. The minimum Gasteiger partial charge on any atom is -0.481 e. The Bertz CT molecular complexity index is 492. The van der Waals surface area contributed by atoms with Crippen LogP contribution in [0, 0.1) is 11.8 Å². The molecule has 0 aliphatic rings. The van der Waals surface area contributed by atoms with E-state index in [2.05, 4.69) is 10.6 Å². The van der Waals surface area contributed by atoms with Gasteiger partial charge < -0.3 is 26.6 Å². The van der Waals surface area contributed by atoms with Gasteiger partial charge in [0.2, 0.25) is 11.8 Å². The van der Waals surface area contributed by atoms with E-state index in [0.717, 1.165) is 0 Å². The van der Waals surface area contributed by atoms with Crippen molar-refractivity contribution in [2.45, 2.75) is 65.1 Å². The van der Waals surface area contributed by atoms with E-state index >= 15 is 0 Å². The summed E-state index contributed by atoms with van der Waals surface area (Å²) in [5.74, 6) is -3.75. The smallest absolute Gasteiger partial charge is 0.326 e. The van der Waals surface area contributed by atoms with Crippen LogP contribution in [0.4, 0.5) is 0 Å². The topological polar surface area (TPSA) is 159 Å². The summed E-state index contributed by atoms with van der Waals surface area (Å²) in [5, 5.41) is 22.6. The molecular weight excluding hydrogens is 330 g/mol. The Labute approximate surface area is 147 Å². The summed E-state index contributed by atoms with van der Waals surface area (Å²) in [6.07, 6.45) is -0.189. The molecule has 0 saturated heterocycles. The lowest BCUT2D eigenvalue weighted by Crippen LogP contribution is -2.56. The van der Waals surface area contributed by atoms with Gasteiger partial charge in [0.25, 0.3) is 0 Å². The highest BCUT2D eigenvalue weighted by molar-refractivity contribution is 5.92. The molecule has 0 aromatic carbocycles. The Morgan fingerprint density at radius 3 is 1.92 bits per heavy atom. The minimum absolute atomic E-state index is 0.208. The van der Waals surface area contributed by atoms with Crippen LogP contribution in [0.25, 0.3) is 0 Å². The van der Waals surface area contributed by atoms with Crippen LogP contribution in [-0.2, 0) is 19.2 Å². The fourth-order valence-corrected chi connectivity index (χ4v) is 2.20. The number of rotatable bonds is 11. The highest BCUT2D eigenvalue weighted by atomic mass is 16.4. The van der Waals surface area contributed by atoms with Gasteiger partial charge in [-0.05, 0) is 24.7 Å². The van der Waals surface area contributed by atoms with Crippen LogP contribution < -0.4 is 16.4 Å². The molecule has 0 aromatic heterocycles. The van der Waals surface area contributed by atoms with Crippen molar-refractivity contribution >= 4 is 23.8 Å². The molecular formula is C16H29N3O6. The second-order valence-corrected chi connectivity index (χ2v) is 6.80. The quantitative estimate of drug-likeness (QED) is 0.345. The third-order valence-electron chi connectivity index (χ3n) is 3.57. The first-order valence-electron chi connectivity index (χ1n) is 8.26. The van der Waals surface area contributed by atoms with Gasteiger partial charge in [0, 0.05) is 6.42 Å². The summed E-state index contributed by atoms with van der Waals surface area (Å²) < 4.78 is 0. The van der Waals surface area contributed by atoms with Crippen molar-refractivity contribution in [2.75, 3.05) is 0 Å². The van der Waals surface area contributed by atoms with Crippen LogP contribution in [0.3, 0.4) is 0 Å². The molecule has 25 heavy (non-hydrogen) atoms. The standard InChI is InChI=1S/C16H29N3O6/c1-8(2)7-10(17)14(22)19-13(9(3)4)15(23)18-11(16(24)25)5-6-12(20)21/h8-11,13H,5-7,17H2,1-4H3,(H,18,23)(H,19,22)(H,20,21)(H,24,25). The largest absolute Gasteiger partial charge is 0.481 e. The lowest BCUT2D eigenvalue weighted by Gasteiger charge is -2.25. The van der Waals surface area contributed by atoms with E-state index in [1.54, 1.807) is 13.8 Å². The molecule has 0 aliphatic carbocycles. The lowest BCUT2D eigenvalue weighted by molar-refractivity contribution is -0.143. The summed E-state index contributed by atoms with van der Waals surface area (Å²) in [5.41, 5.74) is 5.79. The van der Waals surface area contributed by atoms with Gasteiger partial charge in [-0.1, -0.05) is 27.7 Å². The summed E-state index contributed by atoms with van der Waals surface area (Å²) in [6.45, 7) is 7.23. The molecule has 0 aromatic rings. The van der Waals surface area contributed by atoms with Crippen LogP contribution in [0.2, 0.25) is 0 Å². The third-order valence-corrected chi connectivity index (χ3v) is 3.57. The van der Waals surface area contributed by atoms with Gasteiger partial charge in [0.15, 0.2) is 0 Å². The first-order valence-corrected chi connectivity index (χ1v) is 8.26. The van der Waals surface area contributed by atoms with E-state index in [-0.39, 0.29) is 18.3 Å². The van der Waals surface area contributed by atoms with Gasteiger partial charge >= 0.3 is 11.9 Å². The Morgan fingerprint density at radius 2 is 1.52 bits per heavy atom. The molecule has 3 unspecified atom stereocenters. The first kappa shape index (κ1) is 22.8. The number of carbonyl (C=O) groups is 4. The monoisotopic (exact) mass is 359 g/mol. The van der Waals surface area contributed by atoms with Crippen LogP contribution >= 0.6 is 0 Å². The summed E-state index contributed by atoms with van der Waals surface area (Å²) in [4.78, 5) is 46.2. The Morgan fingerprint density at radius 1 is 0.960 bits per heavy atom. The maximum Gasteiger partial charge on any atom is 0.326 e. The molecule has 0 rings (SSSR count). The molecule has 0 bridgehead atoms. The van der Waals surface area contributed by atoms with E-state index in [1.165, 1.54) is 0 Å². The number of hydrogen-bond acceptors (Lipinski definition) is 5. The number of carbonyl (C=O) groups excluding carboxylic acids is 2. The number of carboxylic acids is 2. The summed E-state index contributed by atoms with van der Waals surface area (Å²) in [7, 11) is 0. The second-order valence-electron chi connectivity index (χ2n) is 6.80. The molecule has 0 fully saturated rings. The molecule has 2 amide bonds. The molecule has 0 aliphatic heterocycles. The number of nitrogens with one attached hydrogen (secondary N) is 2. The fourth-order valence-electron chi connectivity index (χ4n) is 2.20. The van der Waals surface area contributed by atoms with Gasteiger partial charge in [-0.15, -0.1) is 0 Å². The van der Waals surface area contributed by atoms with Gasteiger partial charge in [-0.25, -0.2) is 4.79 Å². The fraction of sp³-hybridized carbons (Fsp3) is 0.750. The van der Waals surface area contributed by atoms with Crippen molar-refractivity contribution in [3.63, 3.8) is 0 Å². The predicted octanol–water partition coefficient (Wildman–Crippen LogP) is -0.0652. The second kappa shape index (κ2) is 10.7. The molecule has 144 valence electrons. The molecule has 3 atom stereocenters. The van der Waals surface area contributed by atoms with Crippen molar-refractivity contribution in [1.82, 2.24) is 10.6 Å². The average molecular weight is 359 g/mol. The Hall–Kier alpha value is -2.16. The van der Waals surface area contributed by atoms with E-state index in [4.69, 9.17) is 15.9 Å². The van der Waals surface area contributed by atoms with E-state index in [9.17, 15) is 19.2 Å². The summed E-state index contributed by atoms with van der Waals surface area (Å²) in [6, 6.07) is -3.07. The van der Waals surface area contributed by atoms with Gasteiger partial charge in [-0.3, -0.25) is 14.4 Å². The SMILES string of the molecule is CC(C)CC(N)C(=O)NC(C(=O)NC(CCC(=O)O)C(=O)O)C(C)C. The number of hydrogen-bond donors (Lipinski definition) is 5.